The molecular weight excluding hydrogens is 394 g/mol. The maximum Gasteiger partial charge on any atom is 0.338 e. The molecule has 3 rings (SSSR count). The van der Waals surface area contributed by atoms with Crippen LogP contribution in [0.4, 0.5) is 4.79 Å². The van der Waals surface area contributed by atoms with E-state index in [1.165, 1.54) is 0 Å². The summed E-state index contributed by atoms with van der Waals surface area (Å²) in [5.74, 6) is -0.968. The van der Waals surface area contributed by atoms with Crippen molar-refractivity contribution in [2.24, 2.45) is 0 Å². The second-order valence-corrected chi connectivity index (χ2v) is 8.29. The van der Waals surface area contributed by atoms with Gasteiger partial charge in [-0.25, -0.2) is 4.79 Å². The Morgan fingerprint density at radius 3 is 2.83 bits per heavy atom. The molecule has 7 nitrogen and oxygen atoms in total. The van der Waals surface area contributed by atoms with Gasteiger partial charge in [-0.05, 0) is 43.5 Å². The van der Waals surface area contributed by atoms with Crippen LogP contribution in [0.5, 0.6) is 5.75 Å². The third-order valence-corrected chi connectivity index (χ3v) is 6.05. The topological polar surface area (TPSA) is 94.1 Å². The summed E-state index contributed by atoms with van der Waals surface area (Å²) in [7, 11) is 1.56. The molecule has 0 spiro atoms. The monoisotopic (exact) mass is 421 g/mol. The van der Waals surface area contributed by atoms with Crippen LogP contribution in [0.2, 0.25) is 0 Å². The maximum atomic E-state index is 12.6. The standard InChI is InChI=1S/C21H27NO6S/c1-3-4-5-6-16-11-17(12-21(25,28-16)18-13-29-20(24)22-18)27-19(23)14-7-9-15(26-2)10-8-14/h3,7-10,16-18,25H,1,4-6,11-13H2,2H3,(H,22,24). The predicted molar refractivity (Wildman–Crippen MR) is 110 cm³/mol. The van der Waals surface area contributed by atoms with Crippen LogP contribution in [-0.4, -0.2) is 53.2 Å². The van der Waals surface area contributed by atoms with Crippen molar-refractivity contribution in [1.82, 2.24) is 5.32 Å². The molecule has 0 aliphatic carbocycles. The van der Waals surface area contributed by atoms with Crippen LogP contribution in [0, 0.1) is 0 Å². The van der Waals surface area contributed by atoms with Crippen LogP contribution in [0.1, 0.15) is 42.5 Å². The Kier molecular flexibility index (Phi) is 7.21. The van der Waals surface area contributed by atoms with Crippen LogP contribution in [-0.2, 0) is 9.47 Å². The van der Waals surface area contributed by atoms with Crippen LogP contribution in [0.15, 0.2) is 36.9 Å². The molecule has 2 saturated heterocycles. The summed E-state index contributed by atoms with van der Waals surface area (Å²) in [6, 6.07) is 6.13. The molecule has 4 atom stereocenters. The van der Waals surface area contributed by atoms with E-state index in [-0.39, 0.29) is 17.8 Å². The first kappa shape index (κ1) is 21.7. The van der Waals surface area contributed by atoms with E-state index in [0.717, 1.165) is 24.6 Å². The van der Waals surface area contributed by atoms with Gasteiger partial charge in [-0.2, -0.15) is 0 Å². The van der Waals surface area contributed by atoms with Gasteiger partial charge in [0.25, 0.3) is 5.24 Å². The average Bonchev–Trinajstić information content (AvgIpc) is 3.15. The molecule has 2 fully saturated rings. The Bertz CT molecular complexity index is 739. The van der Waals surface area contributed by atoms with Gasteiger partial charge in [0.05, 0.1) is 24.8 Å². The van der Waals surface area contributed by atoms with Crippen LogP contribution in [0.3, 0.4) is 0 Å². The maximum absolute atomic E-state index is 12.6. The minimum absolute atomic E-state index is 0.109. The lowest BCUT2D eigenvalue weighted by Gasteiger charge is -2.43. The Morgan fingerprint density at radius 2 is 2.21 bits per heavy atom. The molecule has 1 aromatic rings. The lowest BCUT2D eigenvalue weighted by Crippen LogP contribution is -2.58. The summed E-state index contributed by atoms with van der Waals surface area (Å²) in [5, 5.41) is 13.7. The first-order chi connectivity index (χ1) is 13.9. The summed E-state index contributed by atoms with van der Waals surface area (Å²) >= 11 is 1.11. The number of amides is 1. The summed E-state index contributed by atoms with van der Waals surface area (Å²) in [5.41, 5.74) is 0.411. The van der Waals surface area contributed by atoms with Gasteiger partial charge >= 0.3 is 5.97 Å². The van der Waals surface area contributed by atoms with Crippen molar-refractivity contribution in [3.63, 3.8) is 0 Å². The molecule has 0 saturated carbocycles. The van der Waals surface area contributed by atoms with Crippen molar-refractivity contribution in [3.05, 3.63) is 42.5 Å². The number of esters is 1. The number of nitrogens with one attached hydrogen (secondary N) is 1. The molecule has 4 unspecified atom stereocenters. The number of allylic oxidation sites excluding steroid dienone is 1. The Morgan fingerprint density at radius 1 is 1.45 bits per heavy atom. The minimum Gasteiger partial charge on any atom is -0.497 e. The molecule has 0 bridgehead atoms. The largest absolute Gasteiger partial charge is 0.497 e. The first-order valence-corrected chi connectivity index (χ1v) is 10.7. The molecule has 2 aliphatic heterocycles. The smallest absolute Gasteiger partial charge is 0.338 e. The first-order valence-electron chi connectivity index (χ1n) is 9.73. The minimum atomic E-state index is -1.57. The molecule has 29 heavy (non-hydrogen) atoms. The third kappa shape index (κ3) is 5.52. The molecule has 8 heteroatoms. The zero-order chi connectivity index (χ0) is 20.9. The van der Waals surface area contributed by atoms with E-state index >= 15 is 0 Å². The van der Waals surface area contributed by atoms with Gasteiger partial charge in [-0.15, -0.1) is 6.58 Å². The van der Waals surface area contributed by atoms with Gasteiger partial charge in [0.2, 0.25) is 0 Å². The lowest BCUT2D eigenvalue weighted by atomic mass is 9.91. The summed E-state index contributed by atoms with van der Waals surface area (Å²) < 4.78 is 16.8. The molecule has 1 amide bonds. The summed E-state index contributed by atoms with van der Waals surface area (Å²) in [6.45, 7) is 3.72. The van der Waals surface area contributed by atoms with Crippen molar-refractivity contribution >= 4 is 23.0 Å². The second kappa shape index (κ2) is 9.65. The van der Waals surface area contributed by atoms with Gasteiger partial charge in [-0.1, -0.05) is 17.8 Å². The lowest BCUT2D eigenvalue weighted by molar-refractivity contribution is -0.281. The number of aliphatic hydroxyl groups is 1. The van der Waals surface area contributed by atoms with E-state index in [1.807, 2.05) is 6.08 Å². The van der Waals surface area contributed by atoms with Crippen LogP contribution >= 0.6 is 11.8 Å². The fraction of sp³-hybridized carbons (Fsp3) is 0.524. The second-order valence-electron chi connectivity index (χ2n) is 7.30. The molecule has 2 heterocycles. The Labute approximate surface area is 174 Å². The van der Waals surface area contributed by atoms with E-state index in [2.05, 4.69) is 11.9 Å². The highest BCUT2D eigenvalue weighted by Crippen LogP contribution is 2.36. The number of hydrogen-bond donors (Lipinski definition) is 2. The molecule has 1 aromatic carbocycles. The number of carbonyl (C=O) groups is 2. The van der Waals surface area contributed by atoms with Crippen molar-refractivity contribution in [3.8, 4) is 5.75 Å². The average molecular weight is 422 g/mol. The number of ether oxygens (including phenoxy) is 3. The predicted octanol–water partition coefficient (Wildman–Crippen LogP) is 3.27. The van der Waals surface area contributed by atoms with E-state index in [1.54, 1.807) is 31.4 Å². The molecule has 2 N–H and O–H groups in total. The van der Waals surface area contributed by atoms with Crippen molar-refractivity contribution in [2.45, 2.75) is 56.1 Å². The number of thioether (sulfide) groups is 1. The molecular formula is C21H27NO6S. The summed E-state index contributed by atoms with van der Waals surface area (Å²) in [4.78, 5) is 24.2. The van der Waals surface area contributed by atoms with Crippen LogP contribution < -0.4 is 10.1 Å². The Balaban J connectivity index is 1.70. The van der Waals surface area contributed by atoms with E-state index in [0.29, 0.717) is 29.9 Å². The van der Waals surface area contributed by atoms with Crippen molar-refractivity contribution in [2.75, 3.05) is 12.9 Å². The van der Waals surface area contributed by atoms with Gasteiger partial charge in [-0.3, -0.25) is 4.79 Å². The fourth-order valence-electron chi connectivity index (χ4n) is 3.64. The number of carbonyl (C=O) groups excluding carboxylic acids is 2. The van der Waals surface area contributed by atoms with Gasteiger partial charge in [0.1, 0.15) is 11.9 Å². The highest BCUT2D eigenvalue weighted by Gasteiger charge is 2.49. The van der Waals surface area contributed by atoms with Gasteiger partial charge in [0.15, 0.2) is 5.79 Å². The molecule has 0 radical (unpaired) electrons. The SMILES string of the molecule is C=CCCCC1CC(OC(=O)c2ccc(OC)cc2)CC(O)(C2CSC(=O)N2)O1. The molecule has 2 aliphatic rings. The quantitative estimate of drug-likeness (QED) is 0.378. The molecule has 158 valence electrons. The highest BCUT2D eigenvalue weighted by molar-refractivity contribution is 8.14. The number of benzene rings is 1. The number of methoxy groups -OCH3 is 1. The number of hydrogen-bond acceptors (Lipinski definition) is 7. The van der Waals surface area contributed by atoms with Gasteiger partial charge < -0.3 is 24.6 Å². The number of rotatable bonds is 8. The van der Waals surface area contributed by atoms with Crippen molar-refractivity contribution < 1.29 is 28.9 Å². The third-order valence-electron chi connectivity index (χ3n) is 5.17. The zero-order valence-electron chi connectivity index (χ0n) is 16.5. The van der Waals surface area contributed by atoms with E-state index in [9.17, 15) is 14.7 Å². The Hall–Kier alpha value is -2.03. The summed E-state index contributed by atoms with van der Waals surface area (Å²) in [6.07, 6.45) is 4.06. The zero-order valence-corrected chi connectivity index (χ0v) is 17.3. The normalized spacial score (nSPS) is 29.2. The van der Waals surface area contributed by atoms with E-state index in [4.69, 9.17) is 14.2 Å². The number of unbranched alkanes of at least 4 members (excludes halogenated alkanes) is 1. The highest BCUT2D eigenvalue weighted by atomic mass is 32.2. The van der Waals surface area contributed by atoms with Crippen molar-refractivity contribution in [1.29, 1.82) is 0 Å². The van der Waals surface area contributed by atoms with Gasteiger partial charge in [0, 0.05) is 18.6 Å². The van der Waals surface area contributed by atoms with Crippen LogP contribution in [0.25, 0.3) is 0 Å². The molecule has 0 aromatic heterocycles. The fourth-order valence-corrected chi connectivity index (χ4v) is 4.53. The van der Waals surface area contributed by atoms with E-state index < -0.39 is 23.9 Å².